The molecule has 2 radical (unpaired) electrons. The van der Waals surface area contributed by atoms with E-state index < -0.39 is 0 Å². The summed E-state index contributed by atoms with van der Waals surface area (Å²) < 4.78 is 0. The van der Waals surface area contributed by atoms with Gasteiger partial charge in [-0.05, 0) is 30.4 Å². The highest BCUT2D eigenvalue weighted by molar-refractivity contribution is 6.23. The van der Waals surface area contributed by atoms with Crippen molar-refractivity contribution in [3.05, 3.63) is 95.5 Å². The van der Waals surface area contributed by atoms with Gasteiger partial charge in [0.25, 0.3) is 0 Å². The van der Waals surface area contributed by atoms with Gasteiger partial charge in [-0.3, -0.25) is 0 Å². The summed E-state index contributed by atoms with van der Waals surface area (Å²) >= 11 is 0. The lowest BCUT2D eigenvalue weighted by atomic mass is 9.89. The topological polar surface area (TPSA) is 24.1 Å². The van der Waals surface area contributed by atoms with Gasteiger partial charge in [0.1, 0.15) is 7.85 Å². The standard InChI is InChI=1S/C21H25BN2/c1-4-16(2)24-21-17(3)23-15-9-12-19(22)13-14-20(21)18-10-7-5-6-8-11-18/h5-10,12-13,23-24H,2-4,11,14-15H2,1H3/b12-9?,19-13?,21-20-. The van der Waals surface area contributed by atoms with Crippen LogP contribution < -0.4 is 10.6 Å². The fraction of sp³-hybridized carbons (Fsp3) is 0.238. The quantitative estimate of drug-likeness (QED) is 0.755. The first-order chi connectivity index (χ1) is 11.6. The van der Waals surface area contributed by atoms with Crippen LogP contribution in [0.15, 0.2) is 95.5 Å². The minimum atomic E-state index is 0.684. The number of hydrogen-bond donors (Lipinski definition) is 2. The van der Waals surface area contributed by atoms with Gasteiger partial charge in [0.05, 0.1) is 11.4 Å². The van der Waals surface area contributed by atoms with Crippen LogP contribution in [0.2, 0.25) is 0 Å². The maximum absolute atomic E-state index is 6.07. The maximum atomic E-state index is 6.07. The summed E-state index contributed by atoms with van der Waals surface area (Å²) in [7, 11) is 6.07. The first-order valence-corrected chi connectivity index (χ1v) is 8.37. The molecule has 2 N–H and O–H groups in total. The Balaban J connectivity index is 2.52. The molecule has 0 saturated heterocycles. The average molecular weight is 316 g/mol. The third-order valence-electron chi connectivity index (χ3n) is 4.00. The molecule has 1 aliphatic carbocycles. The summed E-state index contributed by atoms with van der Waals surface area (Å²) in [6.07, 6.45) is 19.0. The second kappa shape index (κ2) is 9.02. The molecule has 0 fully saturated rings. The molecular weight excluding hydrogens is 291 g/mol. The predicted molar refractivity (Wildman–Crippen MR) is 105 cm³/mol. The Morgan fingerprint density at radius 3 is 2.88 bits per heavy atom. The molecular formula is C21H25BN2. The van der Waals surface area contributed by atoms with Crippen LogP contribution in [0, 0.1) is 0 Å². The highest BCUT2D eigenvalue weighted by Gasteiger charge is 2.14. The molecule has 0 saturated carbocycles. The normalized spacial score (nSPS) is 21.5. The molecule has 1 heterocycles. The third-order valence-corrected chi connectivity index (χ3v) is 4.00. The van der Waals surface area contributed by atoms with E-state index in [0.717, 1.165) is 41.8 Å². The van der Waals surface area contributed by atoms with Gasteiger partial charge in [-0.15, -0.1) is 5.47 Å². The predicted octanol–water partition coefficient (Wildman–Crippen LogP) is 4.31. The van der Waals surface area contributed by atoms with Gasteiger partial charge >= 0.3 is 0 Å². The van der Waals surface area contributed by atoms with Crippen LogP contribution in [0.25, 0.3) is 0 Å². The van der Waals surface area contributed by atoms with E-state index in [1.54, 1.807) is 0 Å². The van der Waals surface area contributed by atoms with E-state index in [-0.39, 0.29) is 0 Å². The molecule has 122 valence electrons. The lowest BCUT2D eigenvalue weighted by Crippen LogP contribution is -2.24. The highest BCUT2D eigenvalue weighted by Crippen LogP contribution is 2.27. The van der Waals surface area contributed by atoms with Crippen LogP contribution in [0.5, 0.6) is 0 Å². The van der Waals surface area contributed by atoms with Crippen molar-refractivity contribution in [2.75, 3.05) is 6.54 Å². The van der Waals surface area contributed by atoms with Gasteiger partial charge in [-0.1, -0.05) is 68.7 Å². The van der Waals surface area contributed by atoms with Crippen molar-refractivity contribution < 1.29 is 0 Å². The number of allylic oxidation sites excluding steroid dienone is 11. The van der Waals surface area contributed by atoms with E-state index in [2.05, 4.69) is 61.1 Å². The van der Waals surface area contributed by atoms with Gasteiger partial charge < -0.3 is 10.6 Å². The summed E-state index contributed by atoms with van der Waals surface area (Å²) in [4.78, 5) is 0. The van der Waals surface area contributed by atoms with Crippen molar-refractivity contribution in [3.8, 4) is 0 Å². The molecule has 0 amide bonds. The summed E-state index contributed by atoms with van der Waals surface area (Å²) in [6, 6.07) is 0. The van der Waals surface area contributed by atoms with Crippen molar-refractivity contribution in [1.82, 2.24) is 10.6 Å². The molecule has 1 aliphatic heterocycles. The molecule has 0 spiro atoms. The van der Waals surface area contributed by atoms with Gasteiger partial charge in [0.15, 0.2) is 0 Å². The monoisotopic (exact) mass is 316 g/mol. The van der Waals surface area contributed by atoms with E-state index in [1.165, 1.54) is 11.1 Å². The fourth-order valence-electron chi connectivity index (χ4n) is 2.55. The Hall–Kier alpha value is -2.42. The molecule has 2 aliphatic rings. The molecule has 0 aromatic heterocycles. The Morgan fingerprint density at radius 1 is 1.25 bits per heavy atom. The first kappa shape index (κ1) is 17.9. The van der Waals surface area contributed by atoms with Crippen LogP contribution in [0.3, 0.4) is 0 Å². The van der Waals surface area contributed by atoms with E-state index in [4.69, 9.17) is 7.85 Å². The smallest absolute Gasteiger partial charge is 0.113 e. The highest BCUT2D eigenvalue weighted by atomic mass is 15.0. The maximum Gasteiger partial charge on any atom is 0.113 e. The second-order valence-electron chi connectivity index (χ2n) is 5.81. The molecule has 2 rings (SSSR count). The molecule has 24 heavy (non-hydrogen) atoms. The third kappa shape index (κ3) is 5.05. The van der Waals surface area contributed by atoms with Crippen LogP contribution in [-0.2, 0) is 0 Å². The summed E-state index contributed by atoms with van der Waals surface area (Å²) in [6.45, 7) is 11.1. The van der Waals surface area contributed by atoms with E-state index in [1.807, 2.05) is 18.2 Å². The number of hydrogen-bond acceptors (Lipinski definition) is 2. The van der Waals surface area contributed by atoms with Gasteiger partial charge in [0, 0.05) is 12.2 Å². The second-order valence-corrected chi connectivity index (χ2v) is 5.81. The van der Waals surface area contributed by atoms with E-state index in [0.29, 0.717) is 6.54 Å². The largest absolute Gasteiger partial charge is 0.380 e. The molecule has 2 nitrogen and oxygen atoms in total. The van der Waals surface area contributed by atoms with Crippen molar-refractivity contribution in [1.29, 1.82) is 0 Å². The van der Waals surface area contributed by atoms with Crippen LogP contribution in [-0.4, -0.2) is 14.4 Å². The minimum Gasteiger partial charge on any atom is -0.380 e. The van der Waals surface area contributed by atoms with Crippen molar-refractivity contribution in [2.45, 2.75) is 26.2 Å². The van der Waals surface area contributed by atoms with Gasteiger partial charge in [0.2, 0.25) is 0 Å². The molecule has 3 heteroatoms. The van der Waals surface area contributed by atoms with Crippen molar-refractivity contribution in [3.63, 3.8) is 0 Å². The Morgan fingerprint density at radius 2 is 2.08 bits per heavy atom. The van der Waals surface area contributed by atoms with Crippen molar-refractivity contribution >= 4 is 7.85 Å². The zero-order valence-electron chi connectivity index (χ0n) is 14.4. The SMILES string of the molecule is [B]C1=CC/C(C2=CC=CC=CC2)=C(/NC(=C)CC)C(=C)NCC=C1. The van der Waals surface area contributed by atoms with E-state index in [9.17, 15) is 0 Å². The average Bonchev–Trinajstić information content (AvgIpc) is 2.86. The van der Waals surface area contributed by atoms with Crippen LogP contribution in [0.4, 0.5) is 0 Å². The summed E-state index contributed by atoms with van der Waals surface area (Å²) in [5.41, 5.74) is 6.05. The molecule has 0 aromatic carbocycles. The Kier molecular flexibility index (Phi) is 6.74. The summed E-state index contributed by atoms with van der Waals surface area (Å²) in [5.74, 6) is 0. The minimum absolute atomic E-state index is 0.684. The number of rotatable bonds is 4. The van der Waals surface area contributed by atoms with E-state index >= 15 is 0 Å². The van der Waals surface area contributed by atoms with Gasteiger partial charge in [-0.2, -0.15) is 0 Å². The number of nitrogens with one attached hydrogen (secondary N) is 2. The Bertz CT molecular complexity index is 685. The Labute approximate surface area is 147 Å². The van der Waals surface area contributed by atoms with Crippen LogP contribution in [0.1, 0.15) is 26.2 Å². The molecule has 0 atom stereocenters. The zero-order valence-corrected chi connectivity index (χ0v) is 14.4. The fourth-order valence-corrected chi connectivity index (χ4v) is 2.55. The molecule has 0 unspecified atom stereocenters. The van der Waals surface area contributed by atoms with Crippen LogP contribution >= 0.6 is 0 Å². The lowest BCUT2D eigenvalue weighted by Gasteiger charge is -2.22. The lowest BCUT2D eigenvalue weighted by molar-refractivity contribution is 0.820. The van der Waals surface area contributed by atoms with Gasteiger partial charge in [-0.25, -0.2) is 0 Å². The molecule has 0 bridgehead atoms. The van der Waals surface area contributed by atoms with Crippen molar-refractivity contribution in [2.24, 2.45) is 0 Å². The first-order valence-electron chi connectivity index (χ1n) is 8.37. The molecule has 0 aromatic rings. The zero-order chi connectivity index (χ0) is 17.4. The summed E-state index contributed by atoms with van der Waals surface area (Å²) in [5, 5.41) is 6.81.